The van der Waals surface area contributed by atoms with Gasteiger partial charge in [-0.15, -0.1) is 0 Å². The minimum absolute atomic E-state index is 0.0571. The summed E-state index contributed by atoms with van der Waals surface area (Å²) in [5.41, 5.74) is 2.62. The van der Waals surface area contributed by atoms with Crippen LogP contribution in [-0.4, -0.2) is 46.5 Å². The number of carbonyl (C=O) groups is 2. The van der Waals surface area contributed by atoms with Gasteiger partial charge in [0, 0.05) is 43.6 Å². The van der Waals surface area contributed by atoms with Crippen LogP contribution in [0, 0.1) is 11.6 Å². The van der Waals surface area contributed by atoms with E-state index in [2.05, 4.69) is 10.6 Å². The maximum absolute atomic E-state index is 13.7. The van der Waals surface area contributed by atoms with E-state index in [0.717, 1.165) is 10.6 Å². The van der Waals surface area contributed by atoms with Crippen LogP contribution in [0.3, 0.4) is 0 Å². The average molecular weight is 596 g/mol. The van der Waals surface area contributed by atoms with Gasteiger partial charge in [0.15, 0.2) is 5.78 Å². The first-order valence-corrected chi connectivity index (χ1v) is 15.4. The van der Waals surface area contributed by atoms with Crippen LogP contribution in [0.2, 0.25) is 0 Å². The molecule has 1 saturated heterocycles. The molecule has 1 unspecified atom stereocenters. The van der Waals surface area contributed by atoms with Crippen LogP contribution >= 0.6 is 0 Å². The highest BCUT2D eigenvalue weighted by molar-refractivity contribution is 7.92. The van der Waals surface area contributed by atoms with Crippen molar-refractivity contribution in [3.63, 3.8) is 0 Å². The number of amides is 1. The van der Waals surface area contributed by atoms with E-state index in [9.17, 15) is 26.8 Å². The second-order valence-corrected chi connectivity index (χ2v) is 12.5. The normalized spacial score (nSPS) is 17.3. The van der Waals surface area contributed by atoms with Crippen molar-refractivity contribution in [1.29, 1.82) is 0 Å². The lowest BCUT2D eigenvalue weighted by molar-refractivity contribution is -0.121. The fraction of sp³-hybridized carbons (Fsp3) is 0.290. The number of piperidine rings is 1. The first-order chi connectivity index (χ1) is 20.0. The van der Waals surface area contributed by atoms with E-state index in [1.54, 1.807) is 24.3 Å². The van der Waals surface area contributed by atoms with Gasteiger partial charge >= 0.3 is 0 Å². The van der Waals surface area contributed by atoms with Gasteiger partial charge in [0.1, 0.15) is 23.0 Å². The quantitative estimate of drug-likeness (QED) is 0.293. The predicted molar refractivity (Wildman–Crippen MR) is 157 cm³/mol. The lowest BCUT2D eigenvalue weighted by Gasteiger charge is -2.33. The van der Waals surface area contributed by atoms with Crippen molar-refractivity contribution in [2.45, 2.75) is 37.8 Å². The summed E-state index contributed by atoms with van der Waals surface area (Å²) < 4.78 is 59.6. The number of nitrogens with one attached hydrogen (secondary N) is 2. The molecule has 1 amide bonds. The second-order valence-electron chi connectivity index (χ2n) is 10.5. The molecular formula is C31H31F2N3O5S. The Hall–Kier alpha value is -4.09. The summed E-state index contributed by atoms with van der Waals surface area (Å²) in [4.78, 5) is 26.3. The Balaban J connectivity index is 1.60. The molecule has 4 aromatic rings. The Morgan fingerprint density at radius 1 is 1.02 bits per heavy atom. The third-order valence-corrected chi connectivity index (χ3v) is 8.87. The van der Waals surface area contributed by atoms with Crippen molar-refractivity contribution in [1.82, 2.24) is 10.6 Å². The highest BCUT2D eigenvalue weighted by Crippen LogP contribution is 2.41. The standard InChI is InChI=1S/C31H31F2N3O5S/c1-34-31(38)29-23-16-22(24-5-4-6-25(35-24)27(37)15-18-7-11-20(32)12-8-18)26(36(2)42(3,39)40)17-28(23)41-30(29)19-9-13-21(33)14-10-19/h7-14,16-17,24-25,35H,4-6,15H2,1-3H3,(H,34,38)/t24-,25?/m1/s1. The highest BCUT2D eigenvalue weighted by atomic mass is 32.2. The van der Waals surface area contributed by atoms with Gasteiger partial charge in [-0.05, 0) is 72.9 Å². The van der Waals surface area contributed by atoms with Crippen LogP contribution in [0.1, 0.15) is 46.8 Å². The molecule has 0 aliphatic carbocycles. The van der Waals surface area contributed by atoms with E-state index in [1.165, 1.54) is 50.5 Å². The molecule has 0 spiro atoms. The average Bonchev–Trinajstić information content (AvgIpc) is 3.35. The SMILES string of the molecule is CNC(=O)c1c(-c2ccc(F)cc2)oc2cc(N(C)S(C)(=O)=O)c([C@H]3CCCC(C(=O)Cc4ccc(F)cc4)N3)cc12. The summed E-state index contributed by atoms with van der Waals surface area (Å²) in [7, 11) is -0.773. The topological polar surface area (TPSA) is 109 Å². The number of hydrogen-bond acceptors (Lipinski definition) is 6. The maximum atomic E-state index is 13.7. The third-order valence-electron chi connectivity index (χ3n) is 7.68. The summed E-state index contributed by atoms with van der Waals surface area (Å²) in [6, 6.07) is 13.7. The number of rotatable bonds is 8. The first-order valence-electron chi connectivity index (χ1n) is 13.5. The number of sulfonamides is 1. The number of furan rings is 1. The van der Waals surface area contributed by atoms with Crippen molar-refractivity contribution in [2.24, 2.45) is 0 Å². The predicted octanol–water partition coefficient (Wildman–Crippen LogP) is 5.13. The fourth-order valence-corrected chi connectivity index (χ4v) is 5.91. The molecule has 11 heteroatoms. The molecule has 2 heterocycles. The molecule has 0 radical (unpaired) electrons. The van der Waals surface area contributed by atoms with E-state index < -0.39 is 33.8 Å². The summed E-state index contributed by atoms with van der Waals surface area (Å²) in [6.07, 6.45) is 3.14. The number of halogens is 2. The van der Waals surface area contributed by atoms with Gasteiger partial charge in [-0.25, -0.2) is 17.2 Å². The highest BCUT2D eigenvalue weighted by Gasteiger charge is 2.32. The Labute approximate surface area is 242 Å². The largest absolute Gasteiger partial charge is 0.455 e. The molecule has 1 fully saturated rings. The second kappa shape index (κ2) is 11.7. The number of anilines is 1. The van der Waals surface area contributed by atoms with Crippen LogP contribution in [0.4, 0.5) is 14.5 Å². The van der Waals surface area contributed by atoms with Gasteiger partial charge in [-0.3, -0.25) is 13.9 Å². The number of Topliss-reactive ketones (excluding diaryl/α,β-unsaturated/α-hetero) is 1. The van der Waals surface area contributed by atoms with Crippen molar-refractivity contribution in [3.8, 4) is 11.3 Å². The van der Waals surface area contributed by atoms with Crippen LogP contribution in [0.15, 0.2) is 65.1 Å². The molecule has 8 nitrogen and oxygen atoms in total. The van der Waals surface area contributed by atoms with Crippen LogP contribution in [0.5, 0.6) is 0 Å². The Morgan fingerprint density at radius 2 is 1.67 bits per heavy atom. The summed E-state index contributed by atoms with van der Waals surface area (Å²) in [6.45, 7) is 0. The summed E-state index contributed by atoms with van der Waals surface area (Å²) in [5, 5.41) is 6.48. The fourth-order valence-electron chi connectivity index (χ4n) is 5.40. The van der Waals surface area contributed by atoms with Gasteiger partial charge in [-0.2, -0.15) is 0 Å². The number of fused-ring (bicyclic) bond motifs is 1. The molecule has 0 bridgehead atoms. The van der Waals surface area contributed by atoms with Gasteiger partial charge in [0.25, 0.3) is 5.91 Å². The van der Waals surface area contributed by atoms with Crippen LogP contribution < -0.4 is 14.9 Å². The molecule has 42 heavy (non-hydrogen) atoms. The van der Waals surface area contributed by atoms with E-state index in [1.807, 2.05) is 0 Å². The lowest BCUT2D eigenvalue weighted by atomic mass is 9.88. The van der Waals surface area contributed by atoms with Gasteiger partial charge in [0.05, 0.1) is 23.5 Å². The van der Waals surface area contributed by atoms with E-state index in [-0.39, 0.29) is 34.9 Å². The molecule has 0 saturated carbocycles. The smallest absolute Gasteiger partial charge is 0.255 e. The Morgan fingerprint density at radius 3 is 2.29 bits per heavy atom. The number of carbonyl (C=O) groups excluding carboxylic acids is 2. The molecule has 220 valence electrons. The number of hydrogen-bond donors (Lipinski definition) is 2. The van der Waals surface area contributed by atoms with Gasteiger partial charge in [-0.1, -0.05) is 12.1 Å². The first kappa shape index (κ1) is 29.4. The minimum atomic E-state index is -3.70. The lowest BCUT2D eigenvalue weighted by Crippen LogP contribution is -2.43. The monoisotopic (exact) mass is 595 g/mol. The number of ketones is 1. The third kappa shape index (κ3) is 5.93. The van der Waals surface area contributed by atoms with Crippen molar-refractivity contribution in [2.75, 3.05) is 24.7 Å². The van der Waals surface area contributed by atoms with Gasteiger partial charge in [0.2, 0.25) is 10.0 Å². The zero-order valence-corrected chi connectivity index (χ0v) is 24.2. The molecular weight excluding hydrogens is 564 g/mol. The zero-order chi connectivity index (χ0) is 30.2. The molecule has 5 rings (SSSR count). The maximum Gasteiger partial charge on any atom is 0.255 e. The Bertz CT molecular complexity index is 1750. The van der Waals surface area contributed by atoms with Gasteiger partial charge < -0.3 is 15.1 Å². The van der Waals surface area contributed by atoms with Crippen LogP contribution in [0.25, 0.3) is 22.3 Å². The molecule has 1 aromatic heterocycles. The molecule has 2 atom stereocenters. The number of benzene rings is 3. The van der Waals surface area contributed by atoms with Crippen molar-refractivity contribution >= 4 is 38.4 Å². The molecule has 3 aromatic carbocycles. The zero-order valence-electron chi connectivity index (χ0n) is 23.4. The molecule has 1 aliphatic rings. The van der Waals surface area contributed by atoms with E-state index in [4.69, 9.17) is 4.42 Å². The molecule has 1 aliphatic heterocycles. The summed E-state index contributed by atoms with van der Waals surface area (Å²) >= 11 is 0. The van der Waals surface area contributed by atoms with Crippen molar-refractivity contribution in [3.05, 3.63) is 89.0 Å². The minimum Gasteiger partial charge on any atom is -0.455 e. The number of nitrogens with zero attached hydrogens (tertiary/aromatic N) is 1. The molecule has 2 N–H and O–H groups in total. The Kier molecular flexibility index (Phi) is 8.16. The van der Waals surface area contributed by atoms with Crippen molar-refractivity contribution < 1.29 is 31.2 Å². The van der Waals surface area contributed by atoms with Crippen LogP contribution in [-0.2, 0) is 21.2 Å². The summed E-state index contributed by atoms with van der Waals surface area (Å²) in [5.74, 6) is -1.08. The van der Waals surface area contributed by atoms with E-state index >= 15 is 0 Å². The van der Waals surface area contributed by atoms with E-state index in [0.29, 0.717) is 47.0 Å².